The SMILES string of the molecule is O=C(NNC(=O)c1cccc2ccccc12)c1ccc(COc2ccccc2)o1. The summed E-state index contributed by atoms with van der Waals surface area (Å²) in [6.07, 6.45) is 0. The van der Waals surface area contributed by atoms with E-state index in [1.54, 1.807) is 18.2 Å². The quantitative estimate of drug-likeness (QED) is 0.506. The molecule has 0 atom stereocenters. The molecule has 2 amide bonds. The minimum absolute atomic E-state index is 0.0786. The number of fused-ring (bicyclic) bond motifs is 1. The van der Waals surface area contributed by atoms with Crippen molar-refractivity contribution in [3.8, 4) is 5.75 Å². The summed E-state index contributed by atoms with van der Waals surface area (Å²) in [6.45, 7) is 0.194. The predicted molar refractivity (Wildman–Crippen MR) is 108 cm³/mol. The highest BCUT2D eigenvalue weighted by Gasteiger charge is 2.14. The smallest absolute Gasteiger partial charge is 0.305 e. The summed E-state index contributed by atoms with van der Waals surface area (Å²) in [5.41, 5.74) is 5.27. The number of carbonyl (C=O) groups is 2. The van der Waals surface area contributed by atoms with Gasteiger partial charge in [-0.15, -0.1) is 0 Å². The van der Waals surface area contributed by atoms with E-state index in [1.807, 2.05) is 60.7 Å². The minimum Gasteiger partial charge on any atom is -0.486 e. The number of ether oxygens (including phenoxy) is 1. The van der Waals surface area contributed by atoms with E-state index in [-0.39, 0.29) is 12.4 Å². The molecular weight excluding hydrogens is 368 g/mol. The normalized spacial score (nSPS) is 10.5. The second-order valence-electron chi connectivity index (χ2n) is 6.30. The van der Waals surface area contributed by atoms with Crippen molar-refractivity contribution in [2.45, 2.75) is 6.61 Å². The van der Waals surface area contributed by atoms with Gasteiger partial charge in [-0.25, -0.2) is 0 Å². The van der Waals surface area contributed by atoms with Crippen LogP contribution in [0.4, 0.5) is 0 Å². The molecular formula is C23H18N2O4. The Balaban J connectivity index is 1.36. The van der Waals surface area contributed by atoms with Crippen molar-refractivity contribution < 1.29 is 18.7 Å². The lowest BCUT2D eigenvalue weighted by Crippen LogP contribution is -2.41. The molecule has 0 saturated heterocycles. The Morgan fingerprint density at radius 2 is 1.48 bits per heavy atom. The van der Waals surface area contributed by atoms with E-state index in [4.69, 9.17) is 9.15 Å². The van der Waals surface area contributed by atoms with Gasteiger partial charge in [0.2, 0.25) is 0 Å². The van der Waals surface area contributed by atoms with Gasteiger partial charge in [0.05, 0.1) is 0 Å². The monoisotopic (exact) mass is 386 g/mol. The van der Waals surface area contributed by atoms with Gasteiger partial charge in [0.15, 0.2) is 5.76 Å². The summed E-state index contributed by atoms with van der Waals surface area (Å²) in [5.74, 6) is 0.324. The lowest BCUT2D eigenvalue weighted by Gasteiger charge is -2.08. The number of amides is 2. The standard InChI is InChI=1S/C23H18N2O4/c26-22(20-12-6-8-16-7-4-5-11-19(16)20)24-25-23(27)21-14-13-18(29-21)15-28-17-9-2-1-3-10-17/h1-14H,15H2,(H,24,26)(H,25,27). The van der Waals surface area contributed by atoms with Gasteiger partial charge in [-0.2, -0.15) is 0 Å². The summed E-state index contributed by atoms with van der Waals surface area (Å²) in [6, 6.07) is 25.5. The molecule has 0 aliphatic rings. The van der Waals surface area contributed by atoms with Gasteiger partial charge < -0.3 is 9.15 Å². The van der Waals surface area contributed by atoms with Crippen LogP contribution in [0.2, 0.25) is 0 Å². The Bertz CT molecular complexity index is 1150. The van der Waals surface area contributed by atoms with Crippen LogP contribution in [-0.2, 0) is 6.61 Å². The number of hydrazine groups is 1. The molecule has 1 heterocycles. The topological polar surface area (TPSA) is 80.6 Å². The van der Waals surface area contributed by atoms with E-state index in [9.17, 15) is 9.59 Å². The van der Waals surface area contributed by atoms with E-state index in [0.717, 1.165) is 10.8 Å². The lowest BCUT2D eigenvalue weighted by molar-refractivity contribution is 0.0829. The third kappa shape index (κ3) is 4.27. The molecule has 0 bridgehead atoms. The van der Waals surface area contributed by atoms with Gasteiger partial charge in [-0.3, -0.25) is 20.4 Å². The number of benzene rings is 3. The number of para-hydroxylation sites is 1. The van der Waals surface area contributed by atoms with Crippen LogP contribution in [0.25, 0.3) is 10.8 Å². The first-order valence-electron chi connectivity index (χ1n) is 9.06. The van der Waals surface area contributed by atoms with Crippen LogP contribution in [0.3, 0.4) is 0 Å². The number of hydrogen-bond donors (Lipinski definition) is 2. The Labute approximate surface area is 167 Å². The third-order valence-corrected chi connectivity index (χ3v) is 4.33. The number of furan rings is 1. The van der Waals surface area contributed by atoms with Crippen LogP contribution < -0.4 is 15.6 Å². The molecule has 29 heavy (non-hydrogen) atoms. The Hall–Kier alpha value is -4.06. The first kappa shape index (κ1) is 18.3. The summed E-state index contributed by atoms with van der Waals surface area (Å²) in [5, 5.41) is 1.75. The number of carbonyl (C=O) groups excluding carboxylic acids is 2. The first-order valence-corrected chi connectivity index (χ1v) is 9.06. The van der Waals surface area contributed by atoms with Gasteiger partial charge in [0.25, 0.3) is 5.91 Å². The molecule has 2 N–H and O–H groups in total. The van der Waals surface area contributed by atoms with Crippen molar-refractivity contribution in [3.05, 3.63) is 102 Å². The largest absolute Gasteiger partial charge is 0.486 e. The molecule has 1 aromatic heterocycles. The molecule has 0 aliphatic carbocycles. The van der Waals surface area contributed by atoms with Gasteiger partial charge in [-0.05, 0) is 41.1 Å². The molecule has 6 heteroatoms. The fraction of sp³-hybridized carbons (Fsp3) is 0.0435. The van der Waals surface area contributed by atoms with Crippen LogP contribution in [0, 0.1) is 0 Å². The van der Waals surface area contributed by atoms with E-state index in [2.05, 4.69) is 10.9 Å². The summed E-state index contributed by atoms with van der Waals surface area (Å²) in [4.78, 5) is 24.8. The minimum atomic E-state index is -0.551. The molecule has 0 spiro atoms. The molecule has 0 saturated carbocycles. The zero-order valence-electron chi connectivity index (χ0n) is 15.4. The lowest BCUT2D eigenvalue weighted by atomic mass is 10.0. The average molecular weight is 386 g/mol. The predicted octanol–water partition coefficient (Wildman–Crippen LogP) is 4.09. The van der Waals surface area contributed by atoms with Crippen LogP contribution in [0.1, 0.15) is 26.7 Å². The fourth-order valence-electron chi connectivity index (χ4n) is 2.91. The highest BCUT2D eigenvalue weighted by Crippen LogP contribution is 2.18. The van der Waals surface area contributed by atoms with E-state index in [0.29, 0.717) is 17.1 Å². The average Bonchev–Trinajstić information content (AvgIpc) is 3.25. The van der Waals surface area contributed by atoms with Crippen molar-refractivity contribution >= 4 is 22.6 Å². The molecule has 6 nitrogen and oxygen atoms in total. The second-order valence-corrected chi connectivity index (χ2v) is 6.30. The molecule has 0 aliphatic heterocycles. The van der Waals surface area contributed by atoms with Crippen molar-refractivity contribution in [2.24, 2.45) is 0 Å². The highest BCUT2D eigenvalue weighted by atomic mass is 16.5. The van der Waals surface area contributed by atoms with Gasteiger partial charge >= 0.3 is 5.91 Å². The first-order chi connectivity index (χ1) is 14.2. The van der Waals surface area contributed by atoms with Gasteiger partial charge in [0, 0.05) is 5.56 Å². The maximum Gasteiger partial charge on any atom is 0.305 e. The molecule has 4 rings (SSSR count). The van der Waals surface area contributed by atoms with Crippen LogP contribution in [0.5, 0.6) is 5.75 Å². The Morgan fingerprint density at radius 1 is 0.759 bits per heavy atom. The highest BCUT2D eigenvalue weighted by molar-refractivity contribution is 6.07. The van der Waals surface area contributed by atoms with Crippen molar-refractivity contribution in [2.75, 3.05) is 0 Å². The fourth-order valence-corrected chi connectivity index (χ4v) is 2.91. The van der Waals surface area contributed by atoms with Crippen molar-refractivity contribution in [3.63, 3.8) is 0 Å². The third-order valence-electron chi connectivity index (χ3n) is 4.33. The van der Waals surface area contributed by atoms with Gasteiger partial charge in [0.1, 0.15) is 18.1 Å². The van der Waals surface area contributed by atoms with Crippen molar-refractivity contribution in [1.82, 2.24) is 10.9 Å². The number of rotatable bonds is 5. The van der Waals surface area contributed by atoms with Crippen LogP contribution >= 0.6 is 0 Å². The molecule has 4 aromatic rings. The van der Waals surface area contributed by atoms with E-state index < -0.39 is 11.8 Å². The molecule has 144 valence electrons. The second kappa shape index (κ2) is 8.31. The van der Waals surface area contributed by atoms with Gasteiger partial charge in [-0.1, -0.05) is 54.6 Å². The van der Waals surface area contributed by atoms with E-state index >= 15 is 0 Å². The van der Waals surface area contributed by atoms with Crippen LogP contribution in [0.15, 0.2) is 89.3 Å². The molecule has 0 unspecified atom stereocenters. The van der Waals surface area contributed by atoms with Crippen LogP contribution in [-0.4, -0.2) is 11.8 Å². The maximum atomic E-state index is 12.5. The molecule has 3 aromatic carbocycles. The zero-order chi connectivity index (χ0) is 20.1. The molecule has 0 fully saturated rings. The maximum absolute atomic E-state index is 12.5. The van der Waals surface area contributed by atoms with E-state index in [1.165, 1.54) is 6.07 Å². The zero-order valence-corrected chi connectivity index (χ0v) is 15.4. The number of hydrogen-bond acceptors (Lipinski definition) is 4. The number of nitrogens with one attached hydrogen (secondary N) is 2. The Kier molecular flexibility index (Phi) is 5.25. The summed E-state index contributed by atoms with van der Waals surface area (Å²) < 4.78 is 11.1. The Morgan fingerprint density at radius 3 is 2.34 bits per heavy atom. The summed E-state index contributed by atoms with van der Waals surface area (Å²) in [7, 11) is 0. The van der Waals surface area contributed by atoms with Crippen molar-refractivity contribution in [1.29, 1.82) is 0 Å². The molecule has 0 radical (unpaired) electrons. The summed E-state index contributed by atoms with van der Waals surface area (Å²) >= 11 is 0.